The average molecular weight is 247 g/mol. The SMILES string of the molecule is Cc1cnc(NC(C)c2ncn[nH]2)nc1N(C)C. The molecule has 2 aromatic heterocycles. The van der Waals surface area contributed by atoms with E-state index >= 15 is 0 Å². The van der Waals surface area contributed by atoms with Crippen molar-refractivity contribution >= 4 is 11.8 Å². The molecule has 2 N–H and O–H groups in total. The molecule has 96 valence electrons. The van der Waals surface area contributed by atoms with Gasteiger partial charge < -0.3 is 10.2 Å². The fourth-order valence-electron chi connectivity index (χ4n) is 1.64. The third-order valence-corrected chi connectivity index (χ3v) is 2.56. The molecule has 7 nitrogen and oxygen atoms in total. The van der Waals surface area contributed by atoms with Gasteiger partial charge in [-0.15, -0.1) is 0 Å². The number of hydrogen-bond donors (Lipinski definition) is 2. The second-order valence-electron chi connectivity index (χ2n) is 4.33. The van der Waals surface area contributed by atoms with Crippen LogP contribution in [-0.2, 0) is 0 Å². The van der Waals surface area contributed by atoms with Gasteiger partial charge in [-0.1, -0.05) is 0 Å². The molecule has 1 unspecified atom stereocenters. The first-order valence-corrected chi connectivity index (χ1v) is 5.70. The molecule has 0 fully saturated rings. The van der Waals surface area contributed by atoms with E-state index in [-0.39, 0.29) is 6.04 Å². The van der Waals surface area contributed by atoms with Crippen molar-refractivity contribution in [3.8, 4) is 0 Å². The zero-order chi connectivity index (χ0) is 13.1. The standard InChI is InChI=1S/C11H17N7/c1-7-5-12-11(16-10(7)18(3)4)15-8(2)9-13-6-14-17-9/h5-6,8H,1-4H3,(H,12,15,16)(H,13,14,17). The molecule has 0 aromatic carbocycles. The first-order valence-electron chi connectivity index (χ1n) is 5.70. The number of anilines is 2. The first kappa shape index (κ1) is 12.3. The maximum atomic E-state index is 4.46. The van der Waals surface area contributed by atoms with Crippen molar-refractivity contribution in [3.63, 3.8) is 0 Å². The zero-order valence-corrected chi connectivity index (χ0v) is 11.0. The lowest BCUT2D eigenvalue weighted by atomic mass is 10.3. The van der Waals surface area contributed by atoms with Gasteiger partial charge in [0, 0.05) is 25.9 Å². The van der Waals surface area contributed by atoms with Gasteiger partial charge in [0.05, 0.1) is 6.04 Å². The number of aryl methyl sites for hydroxylation is 1. The summed E-state index contributed by atoms with van der Waals surface area (Å²) < 4.78 is 0. The van der Waals surface area contributed by atoms with Crippen molar-refractivity contribution in [1.29, 1.82) is 0 Å². The number of hydrogen-bond acceptors (Lipinski definition) is 6. The first-order chi connectivity index (χ1) is 8.58. The Hall–Kier alpha value is -2.18. The van der Waals surface area contributed by atoms with Crippen LogP contribution >= 0.6 is 0 Å². The summed E-state index contributed by atoms with van der Waals surface area (Å²) in [4.78, 5) is 14.8. The van der Waals surface area contributed by atoms with Crippen LogP contribution in [0.1, 0.15) is 24.4 Å². The summed E-state index contributed by atoms with van der Waals surface area (Å²) in [6.45, 7) is 3.96. The number of rotatable bonds is 4. The van der Waals surface area contributed by atoms with Gasteiger partial charge in [-0.2, -0.15) is 10.1 Å². The fraction of sp³-hybridized carbons (Fsp3) is 0.455. The molecular weight excluding hydrogens is 230 g/mol. The topological polar surface area (TPSA) is 82.6 Å². The quantitative estimate of drug-likeness (QED) is 0.843. The monoisotopic (exact) mass is 247 g/mol. The molecule has 7 heteroatoms. The molecule has 0 saturated carbocycles. The van der Waals surface area contributed by atoms with Crippen molar-refractivity contribution in [2.45, 2.75) is 19.9 Å². The molecule has 2 rings (SSSR count). The molecule has 2 aromatic rings. The molecule has 1 atom stereocenters. The molecule has 0 spiro atoms. The van der Waals surface area contributed by atoms with Gasteiger partial charge in [0.15, 0.2) is 0 Å². The Morgan fingerprint density at radius 1 is 1.33 bits per heavy atom. The van der Waals surface area contributed by atoms with Gasteiger partial charge in [-0.25, -0.2) is 9.97 Å². The highest BCUT2D eigenvalue weighted by molar-refractivity contribution is 5.47. The Morgan fingerprint density at radius 3 is 2.72 bits per heavy atom. The van der Waals surface area contributed by atoms with Gasteiger partial charge in [-0.05, 0) is 13.8 Å². The maximum absolute atomic E-state index is 4.46. The van der Waals surface area contributed by atoms with E-state index < -0.39 is 0 Å². The highest BCUT2D eigenvalue weighted by atomic mass is 15.2. The molecule has 2 heterocycles. The van der Waals surface area contributed by atoms with Crippen LogP contribution in [-0.4, -0.2) is 39.2 Å². The minimum atomic E-state index is -0.0229. The van der Waals surface area contributed by atoms with E-state index in [1.165, 1.54) is 6.33 Å². The number of aromatic amines is 1. The van der Waals surface area contributed by atoms with E-state index in [4.69, 9.17) is 0 Å². The molecule has 0 amide bonds. The number of H-pyrrole nitrogens is 1. The Balaban J connectivity index is 2.17. The molecule has 0 bridgehead atoms. The molecule has 18 heavy (non-hydrogen) atoms. The van der Waals surface area contributed by atoms with Crippen molar-refractivity contribution < 1.29 is 0 Å². The van der Waals surface area contributed by atoms with Crippen molar-refractivity contribution in [2.75, 3.05) is 24.3 Å². The molecule has 0 aliphatic carbocycles. The lowest BCUT2D eigenvalue weighted by molar-refractivity contribution is 0.781. The second-order valence-corrected chi connectivity index (χ2v) is 4.33. The smallest absolute Gasteiger partial charge is 0.225 e. The largest absolute Gasteiger partial charge is 0.362 e. The Morgan fingerprint density at radius 2 is 2.11 bits per heavy atom. The molecule has 0 radical (unpaired) electrons. The highest BCUT2D eigenvalue weighted by Crippen LogP contribution is 2.18. The minimum Gasteiger partial charge on any atom is -0.362 e. The third-order valence-electron chi connectivity index (χ3n) is 2.56. The van der Waals surface area contributed by atoms with Crippen LogP contribution in [0.3, 0.4) is 0 Å². The number of aromatic nitrogens is 5. The minimum absolute atomic E-state index is 0.0229. The lowest BCUT2D eigenvalue weighted by Crippen LogP contribution is -2.16. The van der Waals surface area contributed by atoms with E-state index in [0.29, 0.717) is 5.95 Å². The van der Waals surface area contributed by atoms with E-state index in [1.54, 1.807) is 6.20 Å². The van der Waals surface area contributed by atoms with E-state index in [1.807, 2.05) is 32.8 Å². The van der Waals surface area contributed by atoms with Crippen LogP contribution in [0.25, 0.3) is 0 Å². The average Bonchev–Trinajstić information content (AvgIpc) is 2.85. The summed E-state index contributed by atoms with van der Waals surface area (Å²) in [5, 5.41) is 9.82. The molecule has 0 saturated heterocycles. The van der Waals surface area contributed by atoms with Gasteiger partial charge in [0.25, 0.3) is 0 Å². The number of nitrogens with zero attached hydrogens (tertiary/aromatic N) is 5. The molecule has 0 aliphatic heterocycles. The maximum Gasteiger partial charge on any atom is 0.225 e. The Labute approximate surface area is 106 Å². The van der Waals surface area contributed by atoms with Crippen LogP contribution in [0.2, 0.25) is 0 Å². The zero-order valence-electron chi connectivity index (χ0n) is 11.0. The summed E-state index contributed by atoms with van der Waals surface area (Å²) in [7, 11) is 3.91. The van der Waals surface area contributed by atoms with E-state index in [0.717, 1.165) is 17.2 Å². The van der Waals surface area contributed by atoms with Crippen molar-refractivity contribution in [2.24, 2.45) is 0 Å². The van der Waals surface area contributed by atoms with Crippen LogP contribution in [0.15, 0.2) is 12.5 Å². The van der Waals surface area contributed by atoms with Crippen LogP contribution in [0, 0.1) is 6.92 Å². The summed E-state index contributed by atoms with van der Waals surface area (Å²) >= 11 is 0. The summed E-state index contributed by atoms with van der Waals surface area (Å²) in [6.07, 6.45) is 3.28. The van der Waals surface area contributed by atoms with Gasteiger partial charge >= 0.3 is 0 Å². The molecule has 0 aliphatic rings. The summed E-state index contributed by atoms with van der Waals surface area (Å²) in [5.74, 6) is 2.23. The van der Waals surface area contributed by atoms with Gasteiger partial charge in [-0.3, -0.25) is 5.10 Å². The van der Waals surface area contributed by atoms with Crippen LogP contribution < -0.4 is 10.2 Å². The summed E-state index contributed by atoms with van der Waals surface area (Å²) in [6, 6.07) is -0.0229. The lowest BCUT2D eigenvalue weighted by Gasteiger charge is -2.16. The van der Waals surface area contributed by atoms with Gasteiger partial charge in [0.1, 0.15) is 18.0 Å². The Kier molecular flexibility index (Phi) is 3.40. The number of nitrogens with one attached hydrogen (secondary N) is 2. The summed E-state index contributed by atoms with van der Waals surface area (Å²) in [5.41, 5.74) is 1.04. The van der Waals surface area contributed by atoms with Crippen molar-refractivity contribution in [3.05, 3.63) is 23.9 Å². The Bertz CT molecular complexity index is 506. The third kappa shape index (κ3) is 2.55. The second kappa shape index (κ2) is 4.99. The van der Waals surface area contributed by atoms with Crippen LogP contribution in [0.5, 0.6) is 0 Å². The highest BCUT2D eigenvalue weighted by Gasteiger charge is 2.11. The van der Waals surface area contributed by atoms with Crippen molar-refractivity contribution in [1.82, 2.24) is 25.1 Å². The predicted octanol–water partition coefficient (Wildman–Crippen LogP) is 1.14. The fourth-order valence-corrected chi connectivity index (χ4v) is 1.64. The van der Waals surface area contributed by atoms with E-state index in [9.17, 15) is 0 Å². The predicted molar refractivity (Wildman–Crippen MR) is 69.5 cm³/mol. The normalized spacial score (nSPS) is 12.2. The molecular formula is C11H17N7. The van der Waals surface area contributed by atoms with Gasteiger partial charge in [0.2, 0.25) is 5.95 Å². The van der Waals surface area contributed by atoms with E-state index in [2.05, 4.69) is 30.5 Å². The van der Waals surface area contributed by atoms with Crippen LogP contribution in [0.4, 0.5) is 11.8 Å².